The average molecular weight is 283 g/mol. The molecule has 1 fully saturated rings. The molecule has 1 saturated carbocycles. The molecule has 3 rings (SSSR count). The molecule has 2 aromatic carbocycles. The largest absolute Gasteiger partial charge is 0.378 e. The molecule has 1 nitrogen and oxygen atoms in total. The summed E-state index contributed by atoms with van der Waals surface area (Å²) in [5.74, 6) is 0.492. The van der Waals surface area contributed by atoms with E-state index in [2.05, 4.69) is 38.2 Å². The molecule has 1 unspecified atom stereocenters. The molecule has 2 aromatic rings. The van der Waals surface area contributed by atoms with E-state index in [-0.39, 0.29) is 11.9 Å². The van der Waals surface area contributed by atoms with Gasteiger partial charge in [0.15, 0.2) is 0 Å². The smallest absolute Gasteiger partial charge is 0.123 e. The highest BCUT2D eigenvalue weighted by molar-refractivity contribution is 5.59. The Labute approximate surface area is 126 Å². The van der Waals surface area contributed by atoms with Crippen LogP contribution in [0.15, 0.2) is 36.4 Å². The van der Waals surface area contributed by atoms with Crippen LogP contribution >= 0.6 is 0 Å². The molecular formula is C19H22FN. The fourth-order valence-electron chi connectivity index (χ4n) is 3.14. The van der Waals surface area contributed by atoms with Gasteiger partial charge in [-0.2, -0.15) is 0 Å². The molecule has 0 radical (unpaired) electrons. The maximum Gasteiger partial charge on any atom is 0.123 e. The lowest BCUT2D eigenvalue weighted by atomic mass is 9.99. The SMILES string of the molecule is Cc1cc(C)c(NC(c2ccc(F)cc2)C2CC2)c(C)c1. The van der Waals surface area contributed by atoms with E-state index in [4.69, 9.17) is 0 Å². The highest BCUT2D eigenvalue weighted by Gasteiger charge is 2.32. The van der Waals surface area contributed by atoms with Gasteiger partial charge in [-0.3, -0.25) is 0 Å². The fraction of sp³-hybridized carbons (Fsp3) is 0.368. The van der Waals surface area contributed by atoms with Gasteiger partial charge in [0.25, 0.3) is 0 Å². The van der Waals surface area contributed by atoms with Crippen molar-refractivity contribution in [2.75, 3.05) is 5.32 Å². The molecule has 0 aromatic heterocycles. The molecule has 0 saturated heterocycles. The lowest BCUT2D eigenvalue weighted by Crippen LogP contribution is -2.14. The summed E-state index contributed by atoms with van der Waals surface area (Å²) in [6.07, 6.45) is 2.50. The van der Waals surface area contributed by atoms with Crippen LogP contribution in [0.1, 0.15) is 41.1 Å². The minimum absolute atomic E-state index is 0.170. The number of aryl methyl sites for hydroxylation is 3. The van der Waals surface area contributed by atoms with Gasteiger partial charge >= 0.3 is 0 Å². The van der Waals surface area contributed by atoms with Crippen LogP contribution in [0.4, 0.5) is 10.1 Å². The van der Waals surface area contributed by atoms with Crippen molar-refractivity contribution in [2.24, 2.45) is 5.92 Å². The average Bonchev–Trinajstić information content (AvgIpc) is 3.24. The third-order valence-corrected chi connectivity index (χ3v) is 4.30. The molecule has 1 N–H and O–H groups in total. The van der Waals surface area contributed by atoms with E-state index in [1.54, 1.807) is 12.1 Å². The number of halogens is 1. The van der Waals surface area contributed by atoms with E-state index in [1.807, 2.05) is 12.1 Å². The fourth-order valence-corrected chi connectivity index (χ4v) is 3.14. The zero-order chi connectivity index (χ0) is 15.0. The molecule has 0 amide bonds. The van der Waals surface area contributed by atoms with Crippen LogP contribution in [-0.2, 0) is 0 Å². The van der Waals surface area contributed by atoms with Gasteiger partial charge in [-0.1, -0.05) is 29.8 Å². The first-order valence-corrected chi connectivity index (χ1v) is 7.64. The van der Waals surface area contributed by atoms with Crippen LogP contribution < -0.4 is 5.32 Å². The monoisotopic (exact) mass is 283 g/mol. The van der Waals surface area contributed by atoms with Crippen molar-refractivity contribution in [2.45, 2.75) is 39.7 Å². The molecule has 1 aliphatic carbocycles. The van der Waals surface area contributed by atoms with Crippen LogP contribution in [0.25, 0.3) is 0 Å². The van der Waals surface area contributed by atoms with Crippen LogP contribution in [-0.4, -0.2) is 0 Å². The number of rotatable bonds is 4. The van der Waals surface area contributed by atoms with Crippen molar-refractivity contribution in [3.63, 3.8) is 0 Å². The Morgan fingerprint density at radius 3 is 2.10 bits per heavy atom. The van der Waals surface area contributed by atoms with E-state index in [0.29, 0.717) is 5.92 Å². The van der Waals surface area contributed by atoms with Gasteiger partial charge in [-0.05, 0) is 68.4 Å². The third-order valence-electron chi connectivity index (χ3n) is 4.30. The van der Waals surface area contributed by atoms with E-state index in [0.717, 1.165) is 0 Å². The second kappa shape index (κ2) is 5.51. The van der Waals surface area contributed by atoms with Crippen molar-refractivity contribution in [3.05, 3.63) is 64.5 Å². The van der Waals surface area contributed by atoms with E-state index in [9.17, 15) is 4.39 Å². The first-order valence-electron chi connectivity index (χ1n) is 7.64. The van der Waals surface area contributed by atoms with Gasteiger partial charge in [-0.25, -0.2) is 4.39 Å². The first-order chi connectivity index (χ1) is 10.0. The topological polar surface area (TPSA) is 12.0 Å². The van der Waals surface area contributed by atoms with Crippen molar-refractivity contribution in [1.82, 2.24) is 0 Å². The summed E-state index contributed by atoms with van der Waals surface area (Å²) in [4.78, 5) is 0. The molecule has 0 heterocycles. The standard InChI is InChI=1S/C19H22FN/c1-12-10-13(2)18(14(3)11-12)21-19(15-4-5-15)16-6-8-17(20)9-7-16/h6-11,15,19,21H,4-5H2,1-3H3. The van der Waals surface area contributed by atoms with Gasteiger partial charge < -0.3 is 5.32 Å². The lowest BCUT2D eigenvalue weighted by molar-refractivity contribution is 0.622. The van der Waals surface area contributed by atoms with Crippen LogP contribution in [0.2, 0.25) is 0 Å². The summed E-state index contributed by atoms with van der Waals surface area (Å²) in [6, 6.07) is 11.6. The predicted molar refractivity (Wildman–Crippen MR) is 86.1 cm³/mol. The van der Waals surface area contributed by atoms with Crippen LogP contribution in [0.3, 0.4) is 0 Å². The minimum Gasteiger partial charge on any atom is -0.378 e. The van der Waals surface area contributed by atoms with Crippen molar-refractivity contribution in [1.29, 1.82) is 0 Å². The maximum absolute atomic E-state index is 13.1. The Bertz CT molecular complexity index is 618. The Kier molecular flexibility index (Phi) is 3.71. The van der Waals surface area contributed by atoms with E-state index in [1.165, 1.54) is 40.8 Å². The zero-order valence-corrected chi connectivity index (χ0v) is 12.9. The molecular weight excluding hydrogens is 261 g/mol. The summed E-state index contributed by atoms with van der Waals surface area (Å²) < 4.78 is 13.1. The summed E-state index contributed by atoms with van der Waals surface area (Å²) in [7, 11) is 0. The van der Waals surface area contributed by atoms with Crippen LogP contribution in [0.5, 0.6) is 0 Å². The highest BCUT2D eigenvalue weighted by Crippen LogP contribution is 2.43. The van der Waals surface area contributed by atoms with E-state index < -0.39 is 0 Å². The predicted octanol–water partition coefficient (Wildman–Crippen LogP) is 5.31. The quantitative estimate of drug-likeness (QED) is 0.801. The summed E-state index contributed by atoms with van der Waals surface area (Å²) in [5.41, 5.74) is 6.25. The molecule has 110 valence electrons. The number of hydrogen-bond donors (Lipinski definition) is 1. The Balaban J connectivity index is 1.91. The summed E-state index contributed by atoms with van der Waals surface area (Å²) in [5, 5.41) is 3.72. The van der Waals surface area contributed by atoms with Gasteiger partial charge in [0.05, 0.1) is 6.04 Å². The van der Waals surface area contributed by atoms with Crippen molar-refractivity contribution >= 4 is 5.69 Å². The van der Waals surface area contributed by atoms with Gasteiger partial charge in [0.1, 0.15) is 5.82 Å². The van der Waals surface area contributed by atoms with Crippen LogP contribution in [0, 0.1) is 32.5 Å². The number of hydrogen-bond acceptors (Lipinski definition) is 1. The van der Waals surface area contributed by atoms with Gasteiger partial charge in [0.2, 0.25) is 0 Å². The molecule has 1 aliphatic rings. The molecule has 0 spiro atoms. The molecule has 0 aliphatic heterocycles. The number of anilines is 1. The summed E-state index contributed by atoms with van der Waals surface area (Å²) >= 11 is 0. The normalized spacial score (nSPS) is 15.8. The highest BCUT2D eigenvalue weighted by atomic mass is 19.1. The number of nitrogens with one attached hydrogen (secondary N) is 1. The van der Waals surface area contributed by atoms with Crippen molar-refractivity contribution < 1.29 is 4.39 Å². The lowest BCUT2D eigenvalue weighted by Gasteiger charge is -2.23. The molecule has 0 bridgehead atoms. The second-order valence-corrected chi connectivity index (χ2v) is 6.28. The molecule has 21 heavy (non-hydrogen) atoms. The van der Waals surface area contributed by atoms with E-state index >= 15 is 0 Å². The Hall–Kier alpha value is -1.83. The summed E-state index contributed by atoms with van der Waals surface area (Å²) in [6.45, 7) is 6.43. The molecule has 1 atom stereocenters. The number of benzene rings is 2. The van der Waals surface area contributed by atoms with Crippen molar-refractivity contribution in [3.8, 4) is 0 Å². The third kappa shape index (κ3) is 3.10. The second-order valence-electron chi connectivity index (χ2n) is 6.28. The first kappa shape index (κ1) is 14.1. The maximum atomic E-state index is 13.1. The minimum atomic E-state index is -0.170. The van der Waals surface area contributed by atoms with Gasteiger partial charge in [-0.15, -0.1) is 0 Å². The molecule has 2 heteroatoms. The Morgan fingerprint density at radius 1 is 1.00 bits per heavy atom. The zero-order valence-electron chi connectivity index (χ0n) is 12.9. The Morgan fingerprint density at radius 2 is 1.57 bits per heavy atom. The van der Waals surface area contributed by atoms with Gasteiger partial charge in [0, 0.05) is 5.69 Å².